The molecule has 1 aromatic carbocycles. The van der Waals surface area contributed by atoms with Crippen LogP contribution in [0.5, 0.6) is 0 Å². The van der Waals surface area contributed by atoms with E-state index < -0.39 is 10.0 Å². The molecule has 4 rings (SSSR count). The number of benzene rings is 1. The van der Waals surface area contributed by atoms with Gasteiger partial charge in [-0.05, 0) is 36.8 Å². The number of piperazine rings is 1. The molecule has 1 saturated heterocycles. The number of nitrogens with zero attached hydrogens (tertiary/aromatic N) is 3. The van der Waals surface area contributed by atoms with Crippen LogP contribution in [-0.4, -0.2) is 66.2 Å². The monoisotopic (exact) mass is 447 g/mol. The molecule has 0 atom stereocenters. The minimum Gasteiger partial charge on any atom is -0.345 e. The highest BCUT2D eigenvalue weighted by Crippen LogP contribution is 2.25. The van der Waals surface area contributed by atoms with Crippen LogP contribution in [0.15, 0.2) is 47.6 Å². The maximum atomic E-state index is 13.1. The van der Waals surface area contributed by atoms with Gasteiger partial charge in [-0.15, -0.1) is 0 Å². The van der Waals surface area contributed by atoms with Gasteiger partial charge in [0, 0.05) is 44.0 Å². The summed E-state index contributed by atoms with van der Waals surface area (Å²) in [6, 6.07) is 8.90. The van der Waals surface area contributed by atoms with Crippen molar-refractivity contribution in [3.63, 3.8) is 0 Å². The molecule has 0 spiro atoms. The number of aryl methyl sites for hydroxylation is 1. The summed E-state index contributed by atoms with van der Waals surface area (Å²) in [6.07, 6.45) is 3.10. The van der Waals surface area contributed by atoms with E-state index in [1.165, 1.54) is 10.5 Å². The second kappa shape index (κ2) is 8.35. The van der Waals surface area contributed by atoms with Crippen LogP contribution in [0.3, 0.4) is 0 Å². The summed E-state index contributed by atoms with van der Waals surface area (Å²) in [7, 11) is -3.64. The van der Waals surface area contributed by atoms with E-state index in [2.05, 4.69) is 15.3 Å². The Morgan fingerprint density at radius 3 is 2.73 bits per heavy atom. The number of hydrogen-bond acceptors (Lipinski definition) is 5. The number of sulfonamides is 1. The smallest absolute Gasteiger partial charge is 0.245 e. The average molecular weight is 448 g/mol. The Bertz CT molecular complexity index is 1190. The lowest BCUT2D eigenvalue weighted by Crippen LogP contribution is -2.50. The van der Waals surface area contributed by atoms with E-state index in [1.807, 2.05) is 17.9 Å². The van der Waals surface area contributed by atoms with E-state index in [-0.39, 0.29) is 17.3 Å². The number of fused-ring (bicyclic) bond motifs is 1. The highest BCUT2D eigenvalue weighted by molar-refractivity contribution is 7.89. The van der Waals surface area contributed by atoms with Crippen molar-refractivity contribution in [2.75, 3.05) is 38.0 Å². The van der Waals surface area contributed by atoms with Gasteiger partial charge >= 0.3 is 0 Å². The van der Waals surface area contributed by atoms with Crippen molar-refractivity contribution in [1.29, 1.82) is 0 Å². The minimum atomic E-state index is -3.64. The molecular weight excluding hydrogens is 426 g/mol. The third kappa shape index (κ3) is 4.20. The van der Waals surface area contributed by atoms with Gasteiger partial charge in [0.15, 0.2) is 0 Å². The number of carbonyl (C=O) groups is 1. The number of nitrogens with one attached hydrogen (secondary N) is 2. The summed E-state index contributed by atoms with van der Waals surface area (Å²) in [5.74, 6) is -0.181. The standard InChI is InChI=1S/C20H22ClN5O3S/c1-14-4-5-17(16(21)11-14)24-19(27)13-25-7-9-26(10-8-25)30(28,29)18-12-23-20-15(18)3-2-6-22-20/h2-6,11-12H,7-10,13H2,1H3,(H,22,23)(H,24,27). The van der Waals surface area contributed by atoms with Gasteiger partial charge in [0.25, 0.3) is 0 Å². The molecule has 3 heterocycles. The van der Waals surface area contributed by atoms with Crippen molar-refractivity contribution in [3.05, 3.63) is 53.3 Å². The highest BCUT2D eigenvalue weighted by Gasteiger charge is 2.31. The number of halogens is 1. The van der Waals surface area contributed by atoms with E-state index in [1.54, 1.807) is 30.5 Å². The Labute approximate surface area is 179 Å². The van der Waals surface area contributed by atoms with Crippen molar-refractivity contribution < 1.29 is 13.2 Å². The Morgan fingerprint density at radius 2 is 2.00 bits per heavy atom. The lowest BCUT2D eigenvalue weighted by Gasteiger charge is -2.33. The molecule has 2 aromatic heterocycles. The Balaban J connectivity index is 1.37. The topological polar surface area (TPSA) is 98.4 Å². The molecule has 0 bridgehead atoms. The maximum absolute atomic E-state index is 13.1. The molecule has 158 valence electrons. The first kappa shape index (κ1) is 20.8. The van der Waals surface area contributed by atoms with Gasteiger partial charge in [0.2, 0.25) is 15.9 Å². The van der Waals surface area contributed by atoms with Crippen molar-refractivity contribution in [3.8, 4) is 0 Å². The highest BCUT2D eigenvalue weighted by atomic mass is 35.5. The zero-order chi connectivity index (χ0) is 21.3. The molecule has 0 saturated carbocycles. The number of pyridine rings is 1. The van der Waals surface area contributed by atoms with Crippen molar-refractivity contribution in [1.82, 2.24) is 19.2 Å². The largest absolute Gasteiger partial charge is 0.345 e. The van der Waals surface area contributed by atoms with Crippen LogP contribution >= 0.6 is 11.6 Å². The number of aromatic amines is 1. The van der Waals surface area contributed by atoms with Crippen molar-refractivity contribution in [2.24, 2.45) is 0 Å². The summed E-state index contributed by atoms with van der Waals surface area (Å²) in [5, 5.41) is 3.88. The van der Waals surface area contributed by atoms with Gasteiger partial charge in [-0.3, -0.25) is 9.69 Å². The first-order chi connectivity index (χ1) is 14.3. The molecule has 30 heavy (non-hydrogen) atoms. The summed E-state index contributed by atoms with van der Waals surface area (Å²) in [4.78, 5) is 21.6. The van der Waals surface area contributed by atoms with Crippen molar-refractivity contribution in [2.45, 2.75) is 11.8 Å². The summed E-state index contributed by atoms with van der Waals surface area (Å²) in [5.41, 5.74) is 2.13. The number of amides is 1. The number of anilines is 1. The van der Waals surface area contributed by atoms with Crippen LogP contribution < -0.4 is 5.32 Å². The number of hydrogen-bond donors (Lipinski definition) is 2. The van der Waals surface area contributed by atoms with Crippen LogP contribution in [0.2, 0.25) is 5.02 Å². The summed E-state index contributed by atoms with van der Waals surface area (Å²) >= 11 is 6.17. The van der Waals surface area contributed by atoms with Gasteiger partial charge < -0.3 is 10.3 Å². The molecule has 8 nitrogen and oxygen atoms in total. The third-order valence-corrected chi connectivity index (χ3v) is 7.38. The molecule has 1 aliphatic rings. The summed E-state index contributed by atoms with van der Waals surface area (Å²) in [6.45, 7) is 3.67. The van der Waals surface area contributed by atoms with Gasteiger partial charge in [0.05, 0.1) is 17.3 Å². The van der Waals surface area contributed by atoms with E-state index in [0.717, 1.165) is 5.56 Å². The number of rotatable bonds is 5. The first-order valence-electron chi connectivity index (χ1n) is 9.55. The molecule has 0 unspecified atom stereocenters. The predicted octanol–water partition coefficient (Wildman–Crippen LogP) is 2.47. The lowest BCUT2D eigenvalue weighted by atomic mass is 10.2. The lowest BCUT2D eigenvalue weighted by molar-refractivity contribution is -0.117. The Hall–Kier alpha value is -2.46. The molecule has 0 radical (unpaired) electrons. The molecule has 3 aromatic rings. The van der Waals surface area contributed by atoms with Crippen LogP contribution in [0.1, 0.15) is 5.56 Å². The van der Waals surface area contributed by atoms with Gasteiger partial charge in [-0.2, -0.15) is 4.31 Å². The molecule has 10 heteroatoms. The number of H-pyrrole nitrogens is 1. The second-order valence-electron chi connectivity index (χ2n) is 7.26. The fraction of sp³-hybridized carbons (Fsp3) is 0.300. The molecular formula is C20H22ClN5O3S. The summed E-state index contributed by atoms with van der Waals surface area (Å²) < 4.78 is 27.6. The molecule has 1 amide bonds. The molecule has 0 aliphatic carbocycles. The second-order valence-corrected chi connectivity index (χ2v) is 9.58. The van der Waals surface area contributed by atoms with Crippen LogP contribution in [0, 0.1) is 6.92 Å². The zero-order valence-electron chi connectivity index (χ0n) is 16.4. The number of carbonyl (C=O) groups excluding carboxylic acids is 1. The van der Waals surface area contributed by atoms with Crippen LogP contribution in [0.4, 0.5) is 5.69 Å². The van der Waals surface area contributed by atoms with E-state index >= 15 is 0 Å². The predicted molar refractivity (Wildman–Crippen MR) is 116 cm³/mol. The van der Waals surface area contributed by atoms with Crippen molar-refractivity contribution >= 4 is 44.3 Å². The molecule has 2 N–H and O–H groups in total. The van der Waals surface area contributed by atoms with E-state index in [4.69, 9.17) is 11.6 Å². The maximum Gasteiger partial charge on any atom is 0.245 e. The molecule has 1 fully saturated rings. The van der Waals surface area contributed by atoms with Gasteiger partial charge in [-0.1, -0.05) is 17.7 Å². The fourth-order valence-corrected chi connectivity index (χ4v) is 5.38. The Morgan fingerprint density at radius 1 is 1.23 bits per heavy atom. The first-order valence-corrected chi connectivity index (χ1v) is 11.4. The normalized spacial score (nSPS) is 16.1. The van der Waals surface area contributed by atoms with Crippen LogP contribution in [0.25, 0.3) is 11.0 Å². The van der Waals surface area contributed by atoms with Gasteiger partial charge in [0.1, 0.15) is 10.5 Å². The fourth-order valence-electron chi connectivity index (χ4n) is 3.53. The number of aromatic nitrogens is 2. The Kier molecular flexibility index (Phi) is 5.79. The zero-order valence-corrected chi connectivity index (χ0v) is 18.0. The molecule has 1 aliphatic heterocycles. The SMILES string of the molecule is Cc1ccc(NC(=O)CN2CCN(S(=O)(=O)c3c[nH]c4ncccc34)CC2)c(Cl)c1. The van der Waals surface area contributed by atoms with Gasteiger partial charge in [-0.25, -0.2) is 13.4 Å². The third-order valence-electron chi connectivity index (χ3n) is 5.13. The van der Waals surface area contributed by atoms with E-state index in [0.29, 0.717) is 47.9 Å². The van der Waals surface area contributed by atoms with Crippen LogP contribution in [-0.2, 0) is 14.8 Å². The average Bonchev–Trinajstić information content (AvgIpc) is 3.15. The van der Waals surface area contributed by atoms with E-state index in [9.17, 15) is 13.2 Å². The quantitative estimate of drug-likeness (QED) is 0.626. The minimum absolute atomic E-state index is 0.176.